The van der Waals surface area contributed by atoms with Crippen molar-refractivity contribution >= 4 is 40.2 Å². The number of benzene rings is 1. The average Bonchev–Trinajstić information content (AvgIpc) is 2.45. The van der Waals surface area contributed by atoms with Gasteiger partial charge in [0.15, 0.2) is 11.7 Å². The fourth-order valence-electron chi connectivity index (χ4n) is 1.81. The van der Waals surface area contributed by atoms with Gasteiger partial charge >= 0.3 is 5.97 Å². The van der Waals surface area contributed by atoms with Crippen LogP contribution in [0.1, 0.15) is 18.1 Å². The number of thiocarbonyl (C=S) groups is 1. The molecule has 1 aromatic rings. The number of carboxylic acids is 1. The summed E-state index contributed by atoms with van der Waals surface area (Å²) in [4.78, 5) is 21.6. The summed E-state index contributed by atoms with van der Waals surface area (Å²) in [5, 5.41) is 11.6. The van der Waals surface area contributed by atoms with Crippen molar-refractivity contribution in [3.8, 4) is 0 Å². The number of ether oxygens (including phenoxy) is 1. The van der Waals surface area contributed by atoms with Crippen LogP contribution in [0.4, 0.5) is 0 Å². The molecule has 0 saturated carbocycles. The van der Waals surface area contributed by atoms with Crippen LogP contribution in [0.25, 0.3) is 0 Å². The highest BCUT2D eigenvalue weighted by atomic mass is 32.2. The Kier molecular flexibility index (Phi) is 7.90. The highest BCUT2D eigenvalue weighted by Crippen LogP contribution is 2.13. The van der Waals surface area contributed by atoms with Crippen molar-refractivity contribution in [2.45, 2.75) is 26.3 Å². The molecule has 5 nitrogen and oxygen atoms in total. The quantitative estimate of drug-likeness (QED) is 0.736. The van der Waals surface area contributed by atoms with Gasteiger partial charge in [-0.3, -0.25) is 4.79 Å². The zero-order valence-electron chi connectivity index (χ0n) is 12.5. The van der Waals surface area contributed by atoms with E-state index in [1.807, 2.05) is 31.2 Å². The zero-order valence-corrected chi connectivity index (χ0v) is 14.1. The summed E-state index contributed by atoms with van der Waals surface area (Å²) in [6, 6.07) is 7.84. The van der Waals surface area contributed by atoms with Crippen molar-refractivity contribution in [3.63, 3.8) is 0 Å². The summed E-state index contributed by atoms with van der Waals surface area (Å²) >= 11 is 6.18. The normalized spacial score (nSPS) is 11.5. The lowest BCUT2D eigenvalue weighted by Gasteiger charge is -2.20. The number of thioether (sulfide) groups is 1. The molecule has 0 heterocycles. The predicted molar refractivity (Wildman–Crippen MR) is 91.1 cm³/mol. The molecular weight excluding hydrogens is 322 g/mol. The van der Waals surface area contributed by atoms with Crippen LogP contribution in [0.3, 0.4) is 0 Å². The van der Waals surface area contributed by atoms with Gasteiger partial charge < -0.3 is 15.2 Å². The highest BCUT2D eigenvalue weighted by Gasteiger charge is 2.15. The summed E-state index contributed by atoms with van der Waals surface area (Å²) < 4.78 is 4.94. The summed E-state index contributed by atoms with van der Waals surface area (Å²) in [5.74, 6) is -0.557. The van der Waals surface area contributed by atoms with Crippen LogP contribution in [-0.4, -0.2) is 39.8 Å². The molecule has 0 fully saturated rings. The fourth-order valence-corrected chi connectivity index (χ4v) is 2.67. The Morgan fingerprint density at radius 3 is 2.68 bits per heavy atom. The molecule has 0 bridgehead atoms. The Labute approximate surface area is 139 Å². The largest absolute Gasteiger partial charge is 0.479 e. The van der Waals surface area contributed by atoms with E-state index in [-0.39, 0.29) is 16.3 Å². The first-order valence-corrected chi connectivity index (χ1v) is 8.11. The van der Waals surface area contributed by atoms with Gasteiger partial charge in [0.25, 0.3) is 5.17 Å². The molecule has 0 aliphatic heterocycles. The molecular formula is C15H19NO4S2. The highest BCUT2D eigenvalue weighted by molar-refractivity contribution is 8.13. The molecule has 0 saturated heterocycles. The van der Waals surface area contributed by atoms with Gasteiger partial charge in [-0.25, -0.2) is 4.79 Å². The maximum absolute atomic E-state index is 11.2. The van der Waals surface area contributed by atoms with E-state index in [1.165, 1.54) is 18.7 Å². The minimum Gasteiger partial charge on any atom is -0.479 e. The minimum atomic E-state index is -1.09. The van der Waals surface area contributed by atoms with Crippen molar-refractivity contribution in [2.24, 2.45) is 0 Å². The second-order valence-corrected chi connectivity index (χ2v) is 6.31. The molecule has 1 rings (SSSR count). The number of hydrogen-bond acceptors (Lipinski definition) is 5. The predicted octanol–water partition coefficient (Wildman–Crippen LogP) is 2.16. The molecule has 1 atom stereocenters. The SMILES string of the molecule is CC(=O)SCC(Cc1ccccc1C)NC(=S)OCC(=O)O. The number of carboxylic acid groups (broad SMARTS) is 1. The standard InChI is InChI=1S/C15H19NO4S2/c1-10-5-3-4-6-12(10)7-13(9-22-11(2)17)16-15(21)20-8-14(18)19/h3-6,13H,7-9H2,1-2H3,(H,16,21)(H,18,19). The van der Waals surface area contributed by atoms with Crippen LogP contribution in [0, 0.1) is 6.92 Å². The first kappa shape index (κ1) is 18.4. The minimum absolute atomic E-state index is 0.0222. The van der Waals surface area contributed by atoms with E-state index in [1.54, 1.807) is 0 Å². The van der Waals surface area contributed by atoms with Crippen LogP contribution >= 0.6 is 24.0 Å². The van der Waals surface area contributed by atoms with Crippen LogP contribution in [0.2, 0.25) is 0 Å². The molecule has 0 amide bonds. The van der Waals surface area contributed by atoms with Crippen LogP contribution in [-0.2, 0) is 20.7 Å². The van der Waals surface area contributed by atoms with E-state index in [9.17, 15) is 9.59 Å². The molecule has 22 heavy (non-hydrogen) atoms. The van der Waals surface area contributed by atoms with Crippen molar-refractivity contribution in [2.75, 3.05) is 12.4 Å². The van der Waals surface area contributed by atoms with Gasteiger partial charge in [-0.15, -0.1) is 0 Å². The van der Waals surface area contributed by atoms with Gasteiger partial charge in [0, 0.05) is 18.7 Å². The molecule has 1 unspecified atom stereocenters. The van der Waals surface area contributed by atoms with Crippen LogP contribution < -0.4 is 5.32 Å². The second kappa shape index (κ2) is 9.42. The molecule has 0 radical (unpaired) electrons. The molecule has 1 aromatic carbocycles. The third kappa shape index (κ3) is 7.42. The number of nitrogens with one attached hydrogen (secondary N) is 1. The lowest BCUT2D eigenvalue weighted by atomic mass is 10.0. The number of aliphatic carboxylic acids is 1. The maximum atomic E-state index is 11.2. The van der Waals surface area contributed by atoms with Crippen LogP contribution in [0.15, 0.2) is 24.3 Å². The number of hydrogen-bond donors (Lipinski definition) is 2. The molecule has 0 aliphatic rings. The summed E-state index contributed by atoms with van der Waals surface area (Å²) in [6.07, 6.45) is 0.670. The smallest absolute Gasteiger partial charge is 0.341 e. The van der Waals surface area contributed by atoms with Gasteiger partial charge in [-0.1, -0.05) is 36.0 Å². The Morgan fingerprint density at radius 1 is 1.41 bits per heavy atom. The van der Waals surface area contributed by atoms with Gasteiger partial charge in [-0.2, -0.15) is 0 Å². The molecule has 7 heteroatoms. The number of rotatable bonds is 7. The first-order chi connectivity index (χ1) is 10.4. The molecule has 2 N–H and O–H groups in total. The number of carbonyl (C=O) groups excluding carboxylic acids is 1. The summed E-state index contributed by atoms with van der Waals surface area (Å²) in [5.41, 5.74) is 2.30. The first-order valence-electron chi connectivity index (χ1n) is 6.71. The molecule has 120 valence electrons. The van der Waals surface area contributed by atoms with E-state index < -0.39 is 12.6 Å². The number of aryl methyl sites for hydroxylation is 1. The average molecular weight is 341 g/mol. The molecule has 0 aromatic heterocycles. The van der Waals surface area contributed by atoms with Gasteiger partial charge in [0.1, 0.15) is 0 Å². The van der Waals surface area contributed by atoms with E-state index >= 15 is 0 Å². The summed E-state index contributed by atoms with van der Waals surface area (Å²) in [6.45, 7) is 3.04. The van der Waals surface area contributed by atoms with E-state index in [2.05, 4.69) is 5.32 Å². The lowest BCUT2D eigenvalue weighted by Crippen LogP contribution is -2.39. The van der Waals surface area contributed by atoms with Gasteiger partial charge in [0.05, 0.1) is 0 Å². The second-order valence-electron chi connectivity index (χ2n) is 4.74. The summed E-state index contributed by atoms with van der Waals surface area (Å²) in [7, 11) is 0. The van der Waals surface area contributed by atoms with E-state index in [4.69, 9.17) is 22.1 Å². The van der Waals surface area contributed by atoms with E-state index in [0.717, 1.165) is 11.1 Å². The zero-order chi connectivity index (χ0) is 16.5. The van der Waals surface area contributed by atoms with E-state index in [0.29, 0.717) is 12.2 Å². The molecule has 0 aliphatic carbocycles. The third-order valence-electron chi connectivity index (χ3n) is 2.86. The Bertz CT molecular complexity index is 548. The third-order valence-corrected chi connectivity index (χ3v) is 4.08. The topological polar surface area (TPSA) is 75.6 Å². The Morgan fingerprint density at radius 2 is 2.09 bits per heavy atom. The Balaban J connectivity index is 2.67. The van der Waals surface area contributed by atoms with Gasteiger partial charge in [0.2, 0.25) is 0 Å². The van der Waals surface area contributed by atoms with Crippen molar-refractivity contribution in [1.82, 2.24) is 5.32 Å². The molecule has 0 spiro atoms. The van der Waals surface area contributed by atoms with Crippen molar-refractivity contribution in [3.05, 3.63) is 35.4 Å². The lowest BCUT2D eigenvalue weighted by molar-refractivity contribution is -0.139. The van der Waals surface area contributed by atoms with Gasteiger partial charge in [-0.05, 0) is 36.7 Å². The fraction of sp³-hybridized carbons (Fsp3) is 0.400. The Hall–Kier alpha value is -1.60. The van der Waals surface area contributed by atoms with Crippen molar-refractivity contribution < 1.29 is 19.4 Å². The van der Waals surface area contributed by atoms with Crippen LogP contribution in [0.5, 0.6) is 0 Å². The number of carbonyl (C=O) groups is 2. The monoisotopic (exact) mass is 341 g/mol. The maximum Gasteiger partial charge on any atom is 0.341 e. The van der Waals surface area contributed by atoms with Crippen molar-refractivity contribution in [1.29, 1.82) is 0 Å².